The number of benzene rings is 1. The fraction of sp³-hybridized carbons (Fsp3) is 0.389. The molecule has 2 heterocycles. The van der Waals surface area contributed by atoms with Crippen molar-refractivity contribution in [2.75, 3.05) is 0 Å². The van der Waals surface area contributed by atoms with Crippen molar-refractivity contribution >= 4 is 29.5 Å². The van der Waals surface area contributed by atoms with Gasteiger partial charge in [-0.15, -0.1) is 0 Å². The van der Waals surface area contributed by atoms with E-state index >= 15 is 0 Å². The van der Waals surface area contributed by atoms with Crippen molar-refractivity contribution in [1.29, 1.82) is 0 Å². The van der Waals surface area contributed by atoms with Crippen molar-refractivity contribution in [3.05, 3.63) is 47.2 Å². The van der Waals surface area contributed by atoms with Crippen LogP contribution in [0.5, 0.6) is 0 Å². The molecule has 2 N–H and O–H groups in total. The van der Waals surface area contributed by atoms with Gasteiger partial charge in [0.15, 0.2) is 0 Å². The Morgan fingerprint density at radius 3 is 2.50 bits per heavy atom. The normalized spacial score (nSPS) is 25.0. The Morgan fingerprint density at radius 2 is 1.92 bits per heavy atom. The second-order valence-electron chi connectivity index (χ2n) is 6.41. The third-order valence-electron chi connectivity index (χ3n) is 4.20. The Hall–Kier alpha value is -2.32. The first kappa shape index (κ1) is 18.5. The summed E-state index contributed by atoms with van der Waals surface area (Å²) in [6.07, 6.45) is -0.0998. The highest BCUT2D eigenvalue weighted by molar-refractivity contribution is 8.00. The maximum Gasteiger partial charge on any atom is 0.352 e. The van der Waals surface area contributed by atoms with Crippen LogP contribution < -0.4 is 5.32 Å². The molecule has 8 heteroatoms. The number of thioether (sulfide) groups is 1. The molecule has 0 aromatic heterocycles. The van der Waals surface area contributed by atoms with Crippen LogP contribution in [0, 0.1) is 0 Å². The molecule has 0 unspecified atom stereocenters. The lowest BCUT2D eigenvalue weighted by molar-refractivity contribution is -0.149. The highest BCUT2D eigenvalue weighted by Gasteiger charge is 2.56. The summed E-state index contributed by atoms with van der Waals surface area (Å²) in [6, 6.07) is 7.79. The predicted octanol–water partition coefficient (Wildman–Crippen LogP) is 1.81. The number of nitrogens with zero attached hydrogens (tertiary/aromatic N) is 1. The van der Waals surface area contributed by atoms with E-state index in [1.807, 2.05) is 13.8 Å². The van der Waals surface area contributed by atoms with Crippen LogP contribution >= 0.6 is 11.8 Å². The molecule has 1 aromatic carbocycles. The number of β-lactam (4-membered cyclic amide) rings is 1. The van der Waals surface area contributed by atoms with Gasteiger partial charge in [-0.2, -0.15) is 0 Å². The number of carboxylic acids is 1. The van der Waals surface area contributed by atoms with E-state index in [0.717, 1.165) is 0 Å². The smallest absolute Gasteiger partial charge is 0.352 e. The first-order chi connectivity index (χ1) is 12.3. The topological polar surface area (TPSA) is 95.9 Å². The number of hydrogen-bond acceptors (Lipinski definition) is 5. The summed E-state index contributed by atoms with van der Waals surface area (Å²) in [5, 5.41) is 11.7. The maximum atomic E-state index is 12.5. The van der Waals surface area contributed by atoms with Gasteiger partial charge in [0.05, 0.1) is 6.10 Å². The van der Waals surface area contributed by atoms with Gasteiger partial charge in [0.25, 0.3) is 11.8 Å². The average Bonchev–Trinajstić information content (AvgIpc) is 2.61. The molecule has 2 amide bonds. The van der Waals surface area contributed by atoms with Gasteiger partial charge in [-0.1, -0.05) is 30.0 Å². The number of carbonyl (C=O) groups is 3. The maximum absolute atomic E-state index is 12.5. The highest BCUT2D eigenvalue weighted by Crippen LogP contribution is 2.44. The number of carbonyl (C=O) groups excluding carboxylic acids is 2. The van der Waals surface area contributed by atoms with Crippen molar-refractivity contribution in [2.45, 2.75) is 43.7 Å². The third-order valence-corrected chi connectivity index (χ3v) is 5.67. The first-order valence-electron chi connectivity index (χ1n) is 8.25. The Balaban J connectivity index is 1.83. The molecule has 2 aliphatic rings. The van der Waals surface area contributed by atoms with Crippen molar-refractivity contribution in [1.82, 2.24) is 10.2 Å². The molecule has 26 heavy (non-hydrogen) atoms. The van der Waals surface area contributed by atoms with E-state index in [9.17, 15) is 19.5 Å². The van der Waals surface area contributed by atoms with Crippen LogP contribution in [-0.4, -0.2) is 50.7 Å². The van der Waals surface area contributed by atoms with Crippen LogP contribution in [0.2, 0.25) is 0 Å². The number of nitrogens with one attached hydrogen (secondary N) is 1. The summed E-state index contributed by atoms with van der Waals surface area (Å²) < 4.78 is 5.80. The third kappa shape index (κ3) is 3.22. The molecule has 0 spiro atoms. The average molecular weight is 376 g/mol. The molecular weight excluding hydrogens is 356 g/mol. The quantitative estimate of drug-likeness (QED) is 0.761. The summed E-state index contributed by atoms with van der Waals surface area (Å²) in [7, 11) is 0. The van der Waals surface area contributed by atoms with Gasteiger partial charge in [0.2, 0.25) is 0 Å². The Labute approximate surface area is 155 Å². The number of hydrogen-bond donors (Lipinski definition) is 2. The van der Waals surface area contributed by atoms with Crippen LogP contribution in [0.25, 0.3) is 0 Å². The van der Waals surface area contributed by atoms with Crippen molar-refractivity contribution < 1.29 is 24.2 Å². The molecule has 7 nitrogen and oxygen atoms in total. The fourth-order valence-corrected chi connectivity index (χ4v) is 4.50. The van der Waals surface area contributed by atoms with Crippen LogP contribution in [0.4, 0.5) is 0 Å². The van der Waals surface area contributed by atoms with Crippen LogP contribution in [-0.2, 0) is 14.3 Å². The predicted molar refractivity (Wildman–Crippen MR) is 96.3 cm³/mol. The molecule has 138 valence electrons. The zero-order chi connectivity index (χ0) is 19.0. The minimum atomic E-state index is -1.17. The summed E-state index contributed by atoms with van der Waals surface area (Å²) in [4.78, 5) is 37.8. The van der Waals surface area contributed by atoms with Crippen LogP contribution in [0.3, 0.4) is 0 Å². The van der Waals surface area contributed by atoms with E-state index in [1.54, 1.807) is 37.3 Å². The lowest BCUT2D eigenvalue weighted by Gasteiger charge is -2.51. The van der Waals surface area contributed by atoms with E-state index in [-0.39, 0.29) is 17.7 Å². The summed E-state index contributed by atoms with van der Waals surface area (Å²) in [5.41, 5.74) is 0.398. The highest BCUT2D eigenvalue weighted by atomic mass is 32.2. The summed E-state index contributed by atoms with van der Waals surface area (Å²) in [5.74, 6) is -1.97. The van der Waals surface area contributed by atoms with Crippen molar-refractivity contribution in [2.24, 2.45) is 0 Å². The number of aliphatic carboxylic acids is 1. The number of ether oxygens (including phenoxy) is 1. The monoisotopic (exact) mass is 376 g/mol. The molecule has 0 aliphatic carbocycles. The Bertz CT molecular complexity index is 777. The molecule has 1 aromatic rings. The van der Waals surface area contributed by atoms with Crippen LogP contribution in [0.15, 0.2) is 41.6 Å². The van der Waals surface area contributed by atoms with Gasteiger partial charge < -0.3 is 15.2 Å². The second-order valence-corrected chi connectivity index (χ2v) is 7.59. The molecule has 3 rings (SSSR count). The number of rotatable bonds is 5. The molecule has 1 saturated heterocycles. The van der Waals surface area contributed by atoms with E-state index in [1.165, 1.54) is 16.7 Å². The Kier molecular flexibility index (Phi) is 5.06. The molecule has 2 aliphatic heterocycles. The van der Waals surface area contributed by atoms with Gasteiger partial charge in [0, 0.05) is 5.56 Å². The van der Waals surface area contributed by atoms with E-state index in [2.05, 4.69) is 5.32 Å². The number of carboxylic acid groups (broad SMARTS) is 1. The fourth-order valence-electron chi connectivity index (χ4n) is 2.97. The van der Waals surface area contributed by atoms with Gasteiger partial charge >= 0.3 is 5.97 Å². The first-order valence-corrected chi connectivity index (χ1v) is 9.19. The minimum absolute atomic E-state index is 0.0605. The lowest BCUT2D eigenvalue weighted by atomic mass is 10.0. The van der Waals surface area contributed by atoms with Gasteiger partial charge in [-0.05, 0) is 38.5 Å². The van der Waals surface area contributed by atoms with Gasteiger partial charge in [-0.25, -0.2) is 4.79 Å². The molecular formula is C18H20N2O5S. The molecule has 0 radical (unpaired) electrons. The van der Waals surface area contributed by atoms with Crippen molar-refractivity contribution in [3.8, 4) is 0 Å². The van der Waals surface area contributed by atoms with Gasteiger partial charge in [0.1, 0.15) is 22.5 Å². The molecule has 0 bridgehead atoms. The zero-order valence-corrected chi connectivity index (χ0v) is 15.4. The SMILES string of the molecule is CC1=C(C(=O)O)N2C(=O)[C@H](NC(=O)c3ccccc3)[C@@H]2S[C@@H]1OC(C)C. The molecule has 3 atom stereocenters. The van der Waals surface area contributed by atoms with E-state index < -0.39 is 28.7 Å². The zero-order valence-electron chi connectivity index (χ0n) is 14.6. The number of fused-ring (bicyclic) bond motifs is 1. The molecule has 1 fully saturated rings. The summed E-state index contributed by atoms with van der Waals surface area (Å²) in [6.45, 7) is 5.38. The minimum Gasteiger partial charge on any atom is -0.477 e. The Morgan fingerprint density at radius 1 is 1.27 bits per heavy atom. The van der Waals surface area contributed by atoms with Gasteiger partial charge in [-0.3, -0.25) is 14.5 Å². The standard InChI is InChI=1S/C18H20N2O5S/c1-9(2)25-18-10(3)13(17(23)24)20-15(22)12(16(20)26-18)19-14(21)11-7-5-4-6-8-11/h4-9,12,16,18H,1-3H3,(H,19,21)(H,23,24)/t12-,16-,18-/m0/s1. The van der Waals surface area contributed by atoms with Crippen LogP contribution in [0.1, 0.15) is 31.1 Å². The number of amides is 2. The van der Waals surface area contributed by atoms with E-state index in [4.69, 9.17) is 4.74 Å². The van der Waals surface area contributed by atoms with Crippen molar-refractivity contribution in [3.63, 3.8) is 0 Å². The lowest BCUT2D eigenvalue weighted by Crippen LogP contribution is -2.71. The van der Waals surface area contributed by atoms with E-state index in [0.29, 0.717) is 11.1 Å². The second kappa shape index (κ2) is 7.13. The molecule has 0 saturated carbocycles. The summed E-state index contributed by atoms with van der Waals surface area (Å²) >= 11 is 1.33. The largest absolute Gasteiger partial charge is 0.477 e.